The Morgan fingerprint density at radius 3 is 1.46 bits per heavy atom. The van der Waals surface area contributed by atoms with Crippen molar-refractivity contribution in [3.63, 3.8) is 0 Å². The van der Waals surface area contributed by atoms with E-state index in [1.54, 1.807) is 12.1 Å². The van der Waals surface area contributed by atoms with Crippen LogP contribution in [0.25, 0.3) is 0 Å². The predicted octanol–water partition coefficient (Wildman–Crippen LogP) is 6.34. The lowest BCUT2D eigenvalue weighted by Crippen LogP contribution is -2.26. The average molecular weight is 548 g/mol. The molecule has 0 fully saturated rings. The average Bonchev–Trinajstić information content (AvgIpc) is 3.01. The number of Topliss-reactive ketones (excluding diaryl/α,β-unsaturated/α-hetero) is 1. The maximum absolute atomic E-state index is 14.0. The highest BCUT2D eigenvalue weighted by molar-refractivity contribution is 7.98. The molecule has 192 valence electrons. The zero-order valence-electron chi connectivity index (χ0n) is 21.2. The summed E-state index contributed by atoms with van der Waals surface area (Å²) in [6.07, 6.45) is 0. The molecule has 4 nitrogen and oxygen atoms in total. The molecular weight excluding hydrogens is 520 g/mol. The minimum atomic E-state index is -2.42. The summed E-state index contributed by atoms with van der Waals surface area (Å²) in [5, 5.41) is 16.0. The zero-order chi connectivity index (χ0) is 27.1. The number of carbonyl (C=O) groups is 1. The SMILES string of the molecule is O=C(C=P(CP(c1ccccc1)c1ccccc1)(c1ccccc1)c1ccccc1)c1ccc([N+](=O)[O-])cc1. The van der Waals surface area contributed by atoms with Gasteiger partial charge in [0.05, 0.1) is 4.92 Å². The number of nitro groups is 1. The summed E-state index contributed by atoms with van der Waals surface area (Å²) in [4.78, 5) is 24.7. The number of rotatable bonds is 9. The number of hydrogen-bond acceptors (Lipinski definition) is 3. The Kier molecular flexibility index (Phi) is 8.27. The molecule has 5 aromatic rings. The minimum absolute atomic E-state index is 0.0320. The van der Waals surface area contributed by atoms with E-state index in [2.05, 4.69) is 72.8 Å². The highest BCUT2D eigenvalue weighted by Crippen LogP contribution is 2.55. The normalized spacial score (nSPS) is 11.2. The Balaban J connectivity index is 1.75. The van der Waals surface area contributed by atoms with E-state index in [9.17, 15) is 14.9 Å². The first-order chi connectivity index (χ1) is 19.1. The third-order valence-electron chi connectivity index (χ3n) is 6.63. The molecule has 0 aliphatic carbocycles. The van der Waals surface area contributed by atoms with Crippen LogP contribution in [0.5, 0.6) is 0 Å². The fraction of sp³-hybridized carbons (Fsp3) is 0.0303. The molecule has 0 amide bonds. The maximum atomic E-state index is 14.0. The molecular formula is C33H27NO3P2. The van der Waals surface area contributed by atoms with Crippen LogP contribution in [-0.2, 0) is 0 Å². The summed E-state index contributed by atoms with van der Waals surface area (Å²) < 4.78 is 0. The number of nitrogens with zero attached hydrogens (tertiary/aromatic N) is 1. The van der Waals surface area contributed by atoms with Gasteiger partial charge >= 0.3 is 0 Å². The van der Waals surface area contributed by atoms with Gasteiger partial charge < -0.3 is 0 Å². The van der Waals surface area contributed by atoms with Gasteiger partial charge in [-0.05, 0) is 54.0 Å². The molecule has 39 heavy (non-hydrogen) atoms. The molecule has 0 spiro atoms. The Bertz CT molecular complexity index is 1520. The van der Waals surface area contributed by atoms with E-state index in [1.807, 2.05) is 54.3 Å². The van der Waals surface area contributed by atoms with Crippen LogP contribution in [0.15, 0.2) is 146 Å². The van der Waals surface area contributed by atoms with Gasteiger partial charge in [-0.3, -0.25) is 14.9 Å². The summed E-state index contributed by atoms with van der Waals surface area (Å²) in [6.45, 7) is -2.42. The van der Waals surface area contributed by atoms with E-state index in [-0.39, 0.29) is 11.5 Å². The van der Waals surface area contributed by atoms with Gasteiger partial charge in [-0.15, -0.1) is 0 Å². The molecule has 0 radical (unpaired) electrons. The highest BCUT2D eigenvalue weighted by Gasteiger charge is 2.29. The van der Waals surface area contributed by atoms with Crippen LogP contribution in [0.3, 0.4) is 0 Å². The largest absolute Gasteiger partial charge is 0.289 e. The Morgan fingerprint density at radius 2 is 1.05 bits per heavy atom. The quantitative estimate of drug-likeness (QED) is 0.0937. The van der Waals surface area contributed by atoms with Crippen molar-refractivity contribution in [2.45, 2.75) is 0 Å². The Hall–Kier alpha value is -4.10. The molecule has 0 N–H and O–H groups in total. The molecule has 0 bridgehead atoms. The summed E-state index contributed by atoms with van der Waals surface area (Å²) in [7, 11) is -0.823. The van der Waals surface area contributed by atoms with Crippen molar-refractivity contribution in [2.24, 2.45) is 0 Å². The Morgan fingerprint density at radius 1 is 0.641 bits per heavy atom. The van der Waals surface area contributed by atoms with E-state index in [0.29, 0.717) is 5.56 Å². The molecule has 0 aromatic heterocycles. The predicted molar refractivity (Wildman–Crippen MR) is 167 cm³/mol. The van der Waals surface area contributed by atoms with Gasteiger partial charge in [-0.25, -0.2) is 0 Å². The first kappa shape index (κ1) is 26.5. The zero-order valence-corrected chi connectivity index (χ0v) is 23.0. The number of ketones is 1. The van der Waals surface area contributed by atoms with E-state index in [1.165, 1.54) is 22.7 Å². The lowest BCUT2D eigenvalue weighted by Gasteiger charge is -2.32. The van der Waals surface area contributed by atoms with Crippen LogP contribution >= 0.6 is 14.8 Å². The van der Waals surface area contributed by atoms with Crippen molar-refractivity contribution in [3.05, 3.63) is 161 Å². The van der Waals surface area contributed by atoms with Crippen molar-refractivity contribution >= 4 is 53.3 Å². The lowest BCUT2D eigenvalue weighted by atomic mass is 10.1. The molecule has 0 heterocycles. The fourth-order valence-electron chi connectivity index (χ4n) is 4.66. The second kappa shape index (κ2) is 12.2. The first-order valence-corrected chi connectivity index (χ1v) is 16.2. The van der Waals surface area contributed by atoms with Crippen molar-refractivity contribution in [2.75, 3.05) is 5.90 Å². The molecule has 0 saturated carbocycles. The van der Waals surface area contributed by atoms with Crippen molar-refractivity contribution in [1.82, 2.24) is 0 Å². The number of benzene rings is 5. The standard InChI is InChI=1S/C33H27NO3P2/c35-33(27-21-23-28(24-22-27)34(36)37)25-39(31-17-9-3-10-18-31,32-19-11-4-12-20-32)26-38(29-13-5-1-6-14-29)30-15-7-2-8-16-30/h1-25H,26H2. The number of nitro benzene ring substituents is 1. The minimum Gasteiger partial charge on any atom is -0.289 e. The molecule has 6 heteroatoms. The third-order valence-corrected chi connectivity index (χ3v) is 14.5. The van der Waals surface area contributed by atoms with Gasteiger partial charge in [0.1, 0.15) is 0 Å². The number of carbonyl (C=O) groups excluding carboxylic acids is 1. The molecule has 0 saturated heterocycles. The van der Waals surface area contributed by atoms with Crippen LogP contribution < -0.4 is 21.2 Å². The fourth-order valence-corrected chi connectivity index (χ4v) is 13.3. The van der Waals surface area contributed by atoms with E-state index >= 15 is 0 Å². The van der Waals surface area contributed by atoms with Crippen LogP contribution in [-0.4, -0.2) is 22.4 Å². The molecule has 0 unspecified atom stereocenters. The first-order valence-electron chi connectivity index (χ1n) is 12.6. The second-order valence-electron chi connectivity index (χ2n) is 9.08. The van der Waals surface area contributed by atoms with Gasteiger partial charge in [-0.2, -0.15) is 0 Å². The number of hydrogen-bond donors (Lipinski definition) is 0. The van der Waals surface area contributed by atoms with Crippen molar-refractivity contribution in [3.8, 4) is 0 Å². The van der Waals surface area contributed by atoms with Crippen molar-refractivity contribution in [1.29, 1.82) is 0 Å². The van der Waals surface area contributed by atoms with Crippen LogP contribution in [0, 0.1) is 10.1 Å². The third kappa shape index (κ3) is 5.99. The van der Waals surface area contributed by atoms with Gasteiger partial charge in [0, 0.05) is 23.6 Å². The second-order valence-corrected chi connectivity index (χ2v) is 15.1. The molecule has 0 atom stereocenters. The van der Waals surface area contributed by atoms with Crippen LogP contribution in [0.4, 0.5) is 5.69 Å². The monoisotopic (exact) mass is 547 g/mol. The van der Waals surface area contributed by atoms with E-state index in [0.717, 1.165) is 16.5 Å². The van der Waals surface area contributed by atoms with Gasteiger partial charge in [-0.1, -0.05) is 121 Å². The molecule has 5 aromatic carbocycles. The van der Waals surface area contributed by atoms with Crippen LogP contribution in [0.2, 0.25) is 0 Å². The summed E-state index contributed by atoms with van der Waals surface area (Å²) >= 11 is 0. The molecule has 0 aliphatic rings. The summed E-state index contributed by atoms with van der Waals surface area (Å²) in [5.74, 6) is 2.59. The molecule has 0 aliphatic heterocycles. The van der Waals surface area contributed by atoms with Crippen molar-refractivity contribution < 1.29 is 9.72 Å². The topological polar surface area (TPSA) is 60.2 Å². The Labute approximate surface area is 229 Å². The lowest BCUT2D eigenvalue weighted by molar-refractivity contribution is -0.384. The summed E-state index contributed by atoms with van der Waals surface area (Å²) in [6, 6.07) is 47.6. The van der Waals surface area contributed by atoms with Gasteiger partial charge in [0.15, 0.2) is 5.78 Å². The van der Waals surface area contributed by atoms with E-state index in [4.69, 9.17) is 0 Å². The summed E-state index contributed by atoms with van der Waals surface area (Å²) in [5.41, 5.74) is 0.413. The number of non-ortho nitro benzene ring substituents is 1. The highest BCUT2D eigenvalue weighted by atomic mass is 31.2. The van der Waals surface area contributed by atoms with E-state index < -0.39 is 19.7 Å². The molecule has 5 rings (SSSR count). The maximum Gasteiger partial charge on any atom is 0.269 e. The van der Waals surface area contributed by atoms with Gasteiger partial charge in [0.2, 0.25) is 0 Å². The van der Waals surface area contributed by atoms with Gasteiger partial charge in [0.25, 0.3) is 5.69 Å². The smallest absolute Gasteiger partial charge is 0.269 e. The van der Waals surface area contributed by atoms with Crippen LogP contribution in [0.1, 0.15) is 10.4 Å².